The van der Waals surface area contributed by atoms with Gasteiger partial charge in [-0.3, -0.25) is 4.79 Å². The number of carbonyl (C=O) groups is 2. The van der Waals surface area contributed by atoms with E-state index >= 15 is 0 Å². The van der Waals surface area contributed by atoms with Gasteiger partial charge in [-0.1, -0.05) is 45.4 Å². The summed E-state index contributed by atoms with van der Waals surface area (Å²) in [6.45, 7) is 7.93. The van der Waals surface area contributed by atoms with Gasteiger partial charge in [0.2, 0.25) is 6.29 Å². The van der Waals surface area contributed by atoms with Crippen LogP contribution in [0.2, 0.25) is 0 Å². The summed E-state index contributed by atoms with van der Waals surface area (Å²) < 4.78 is 17.1. The summed E-state index contributed by atoms with van der Waals surface area (Å²) in [7, 11) is 0. The Balaban J connectivity index is 1.83. The molecule has 6 heteroatoms. The summed E-state index contributed by atoms with van der Waals surface area (Å²) >= 11 is 0. The number of anilines is 1. The number of cyclic esters (lactones) is 1. The molecule has 1 heterocycles. The van der Waals surface area contributed by atoms with Crippen molar-refractivity contribution >= 4 is 17.6 Å². The van der Waals surface area contributed by atoms with Gasteiger partial charge in [-0.05, 0) is 42.7 Å². The molecule has 1 aliphatic heterocycles. The number of nitrogen functional groups attached to an aromatic ring is 1. The fourth-order valence-electron chi connectivity index (χ4n) is 4.34. The highest BCUT2D eigenvalue weighted by molar-refractivity contribution is 5.93. The van der Waals surface area contributed by atoms with E-state index in [0.29, 0.717) is 29.0 Å². The quantitative estimate of drug-likeness (QED) is 0.569. The lowest BCUT2D eigenvalue weighted by Gasteiger charge is -2.37. The van der Waals surface area contributed by atoms with Crippen molar-refractivity contribution in [2.45, 2.75) is 65.5 Å². The van der Waals surface area contributed by atoms with Crippen LogP contribution in [-0.4, -0.2) is 24.3 Å². The third-order valence-corrected chi connectivity index (χ3v) is 5.89. The van der Waals surface area contributed by atoms with Crippen LogP contribution in [0.5, 0.6) is 0 Å². The molecule has 2 N–H and O–H groups in total. The van der Waals surface area contributed by atoms with Crippen LogP contribution in [0, 0.1) is 17.8 Å². The van der Waals surface area contributed by atoms with Gasteiger partial charge in [0.15, 0.2) is 6.10 Å². The van der Waals surface area contributed by atoms with Crippen LogP contribution in [0.3, 0.4) is 0 Å². The maximum Gasteiger partial charge on any atom is 0.340 e. The Morgan fingerprint density at radius 3 is 2.62 bits per heavy atom. The minimum absolute atomic E-state index is 0.0288. The van der Waals surface area contributed by atoms with Crippen molar-refractivity contribution in [3.8, 4) is 0 Å². The zero-order valence-corrected chi connectivity index (χ0v) is 17.6. The number of benzene rings is 1. The fraction of sp³-hybridized carbons (Fsp3) is 0.565. The predicted octanol–water partition coefficient (Wildman–Crippen LogP) is 4.16. The van der Waals surface area contributed by atoms with E-state index in [-0.39, 0.29) is 11.7 Å². The van der Waals surface area contributed by atoms with E-state index in [4.69, 9.17) is 19.9 Å². The molecule has 0 bridgehead atoms. The highest BCUT2D eigenvalue weighted by Gasteiger charge is 2.39. The van der Waals surface area contributed by atoms with Crippen molar-refractivity contribution in [1.29, 1.82) is 0 Å². The third kappa shape index (κ3) is 4.99. The van der Waals surface area contributed by atoms with Gasteiger partial charge in [0, 0.05) is 18.2 Å². The van der Waals surface area contributed by atoms with Gasteiger partial charge in [-0.25, -0.2) is 4.79 Å². The summed E-state index contributed by atoms with van der Waals surface area (Å²) in [5.74, 6) is 0.447. The van der Waals surface area contributed by atoms with Crippen LogP contribution >= 0.6 is 0 Å². The molecule has 0 amide bonds. The molecule has 0 unspecified atom stereocenters. The minimum atomic E-state index is -0.916. The van der Waals surface area contributed by atoms with Crippen LogP contribution < -0.4 is 5.73 Å². The summed E-state index contributed by atoms with van der Waals surface area (Å²) in [5, 5.41) is 0. The molecule has 1 aromatic rings. The monoisotopic (exact) mass is 401 g/mol. The number of carbonyl (C=O) groups excluding carboxylic acids is 2. The minimum Gasteiger partial charge on any atom is -0.452 e. The molecule has 5 atom stereocenters. The first-order valence-corrected chi connectivity index (χ1v) is 10.4. The first kappa shape index (κ1) is 21.4. The van der Waals surface area contributed by atoms with E-state index in [9.17, 15) is 9.59 Å². The summed E-state index contributed by atoms with van der Waals surface area (Å²) in [6.07, 6.45) is 3.20. The molecule has 0 saturated heterocycles. The number of esters is 2. The van der Waals surface area contributed by atoms with E-state index in [1.807, 2.05) is 0 Å². The van der Waals surface area contributed by atoms with Crippen LogP contribution in [0.15, 0.2) is 35.9 Å². The van der Waals surface area contributed by atoms with Gasteiger partial charge < -0.3 is 19.9 Å². The van der Waals surface area contributed by atoms with Gasteiger partial charge >= 0.3 is 11.9 Å². The average Bonchev–Trinajstić information content (AvgIpc) is 3.00. The van der Waals surface area contributed by atoms with Gasteiger partial charge in [-0.15, -0.1) is 0 Å². The predicted molar refractivity (Wildman–Crippen MR) is 110 cm³/mol. The second-order valence-electron chi connectivity index (χ2n) is 8.51. The Morgan fingerprint density at radius 2 is 1.97 bits per heavy atom. The molecule has 2 aliphatic rings. The van der Waals surface area contributed by atoms with E-state index < -0.39 is 24.3 Å². The Hall–Kier alpha value is -2.34. The zero-order valence-electron chi connectivity index (χ0n) is 17.6. The van der Waals surface area contributed by atoms with Crippen LogP contribution in [-0.2, 0) is 23.8 Å². The second kappa shape index (κ2) is 8.99. The summed E-state index contributed by atoms with van der Waals surface area (Å²) in [5.41, 5.74) is 7.30. The number of nitrogens with two attached hydrogens (primary N) is 1. The van der Waals surface area contributed by atoms with Crippen molar-refractivity contribution in [1.82, 2.24) is 0 Å². The molecule has 1 aromatic carbocycles. The average molecular weight is 402 g/mol. The Labute approximate surface area is 172 Å². The number of hydrogen-bond acceptors (Lipinski definition) is 6. The summed E-state index contributed by atoms with van der Waals surface area (Å²) in [4.78, 5) is 24.3. The van der Waals surface area contributed by atoms with E-state index in [0.717, 1.165) is 12.8 Å². The number of ether oxygens (including phenoxy) is 3. The smallest absolute Gasteiger partial charge is 0.340 e. The van der Waals surface area contributed by atoms with Crippen molar-refractivity contribution < 1.29 is 23.8 Å². The molecule has 1 aliphatic carbocycles. The molecule has 1 fully saturated rings. The topological polar surface area (TPSA) is 87.9 Å². The first-order chi connectivity index (χ1) is 13.8. The number of rotatable bonds is 6. The van der Waals surface area contributed by atoms with Gasteiger partial charge in [0.05, 0.1) is 11.7 Å². The molecule has 6 nitrogen and oxygen atoms in total. The zero-order chi connectivity index (χ0) is 21.1. The van der Waals surface area contributed by atoms with Gasteiger partial charge in [0.1, 0.15) is 0 Å². The Bertz CT molecular complexity index is 787. The molecule has 158 valence electrons. The van der Waals surface area contributed by atoms with Crippen molar-refractivity contribution in [3.63, 3.8) is 0 Å². The number of para-hydroxylation sites is 1. The van der Waals surface area contributed by atoms with Crippen LogP contribution in [0.4, 0.5) is 5.69 Å². The SMILES string of the molecule is CC(=O)O[C@H](C1=C[C@H](O[C@@H]2C[C@H](C)CC[C@H]2C(C)C)OC1=O)c1ccccc1N. The lowest BCUT2D eigenvalue weighted by atomic mass is 9.75. The first-order valence-electron chi connectivity index (χ1n) is 10.4. The lowest BCUT2D eigenvalue weighted by molar-refractivity contribution is -0.179. The van der Waals surface area contributed by atoms with Crippen molar-refractivity contribution in [2.75, 3.05) is 5.73 Å². The lowest BCUT2D eigenvalue weighted by Crippen LogP contribution is -2.36. The fourth-order valence-corrected chi connectivity index (χ4v) is 4.34. The molecule has 3 rings (SSSR count). The molecule has 1 saturated carbocycles. The maximum atomic E-state index is 12.6. The van der Waals surface area contributed by atoms with Crippen molar-refractivity contribution in [2.24, 2.45) is 17.8 Å². The van der Waals surface area contributed by atoms with E-state index in [2.05, 4.69) is 20.8 Å². The molecule has 0 aromatic heterocycles. The van der Waals surface area contributed by atoms with Crippen LogP contribution in [0.1, 0.15) is 58.6 Å². The Morgan fingerprint density at radius 1 is 1.24 bits per heavy atom. The van der Waals surface area contributed by atoms with E-state index in [1.165, 1.54) is 13.3 Å². The van der Waals surface area contributed by atoms with Crippen molar-refractivity contribution in [3.05, 3.63) is 41.5 Å². The highest BCUT2D eigenvalue weighted by atomic mass is 16.7. The maximum absolute atomic E-state index is 12.6. The normalized spacial score (nSPS) is 28.0. The standard InChI is InChI=1S/C23H31NO5/c1-13(2)16-10-9-14(3)11-20(16)28-21-12-18(23(26)29-21)22(27-15(4)25)17-7-5-6-8-19(17)24/h5-8,12-14,16,20-22H,9-11,24H2,1-4H3/t14-,16+,20-,21-,22+/m1/s1. The molecule has 0 spiro atoms. The largest absolute Gasteiger partial charge is 0.452 e. The second-order valence-corrected chi connectivity index (χ2v) is 8.51. The molecule has 29 heavy (non-hydrogen) atoms. The molecular formula is C23H31NO5. The van der Waals surface area contributed by atoms with E-state index in [1.54, 1.807) is 30.3 Å². The third-order valence-electron chi connectivity index (χ3n) is 5.89. The van der Waals surface area contributed by atoms with Gasteiger partial charge in [0.25, 0.3) is 0 Å². The Kier molecular flexibility index (Phi) is 6.63. The molecule has 0 radical (unpaired) electrons. The van der Waals surface area contributed by atoms with Gasteiger partial charge in [-0.2, -0.15) is 0 Å². The summed E-state index contributed by atoms with van der Waals surface area (Å²) in [6, 6.07) is 7.01. The highest BCUT2D eigenvalue weighted by Crippen LogP contribution is 2.38. The number of hydrogen-bond donors (Lipinski definition) is 1. The van der Waals surface area contributed by atoms with Crippen LogP contribution in [0.25, 0.3) is 0 Å². The molecular weight excluding hydrogens is 370 g/mol.